The summed E-state index contributed by atoms with van der Waals surface area (Å²) < 4.78 is 6.60. The van der Waals surface area contributed by atoms with E-state index in [9.17, 15) is 9.59 Å². The van der Waals surface area contributed by atoms with Crippen molar-refractivity contribution in [2.75, 3.05) is 0 Å². The molecule has 3 rings (SSSR count). The molecular weight excluding hydrogens is 362 g/mol. The Morgan fingerprint density at radius 3 is 2.57 bits per heavy atom. The standard InChI is InChI=1S/C16H14BrN3O3/c17-11-3-1-10(2-4-11)14-8-7-13(23-14)9-18-20-16(22)15(21)19-12-5-6-12/h1-4,7-9,12H,5-6H2,(H,19,21)(H,20,22)/b18-9-. The summed E-state index contributed by atoms with van der Waals surface area (Å²) in [6, 6.07) is 11.4. The number of furan rings is 1. The van der Waals surface area contributed by atoms with Gasteiger partial charge in [-0.3, -0.25) is 9.59 Å². The number of amides is 2. The van der Waals surface area contributed by atoms with Gasteiger partial charge in [0.1, 0.15) is 11.5 Å². The van der Waals surface area contributed by atoms with Crippen LogP contribution in [0.5, 0.6) is 0 Å². The van der Waals surface area contributed by atoms with Crippen LogP contribution in [0.2, 0.25) is 0 Å². The van der Waals surface area contributed by atoms with Gasteiger partial charge in [0, 0.05) is 16.1 Å². The third-order valence-corrected chi connectivity index (χ3v) is 3.76. The van der Waals surface area contributed by atoms with E-state index in [1.165, 1.54) is 6.21 Å². The van der Waals surface area contributed by atoms with Crippen molar-refractivity contribution in [3.05, 3.63) is 46.6 Å². The summed E-state index contributed by atoms with van der Waals surface area (Å²) in [5, 5.41) is 6.31. The maximum atomic E-state index is 11.5. The fraction of sp³-hybridized carbons (Fsp3) is 0.188. The van der Waals surface area contributed by atoms with Crippen molar-refractivity contribution in [1.82, 2.24) is 10.7 Å². The van der Waals surface area contributed by atoms with Gasteiger partial charge in [-0.2, -0.15) is 5.10 Å². The van der Waals surface area contributed by atoms with Crippen molar-refractivity contribution in [2.24, 2.45) is 5.10 Å². The number of carbonyl (C=O) groups is 2. The molecule has 1 aliphatic rings. The average molecular weight is 376 g/mol. The molecule has 1 heterocycles. The Balaban J connectivity index is 1.56. The van der Waals surface area contributed by atoms with E-state index in [2.05, 4.69) is 31.8 Å². The van der Waals surface area contributed by atoms with Crippen LogP contribution in [0.25, 0.3) is 11.3 Å². The number of carbonyl (C=O) groups excluding carboxylic acids is 2. The smallest absolute Gasteiger partial charge is 0.329 e. The van der Waals surface area contributed by atoms with Crippen molar-refractivity contribution in [2.45, 2.75) is 18.9 Å². The molecule has 0 unspecified atom stereocenters. The molecule has 118 valence electrons. The lowest BCUT2D eigenvalue weighted by molar-refractivity contribution is -0.139. The molecule has 0 bridgehead atoms. The molecule has 0 radical (unpaired) electrons. The summed E-state index contributed by atoms with van der Waals surface area (Å²) in [7, 11) is 0. The largest absolute Gasteiger partial charge is 0.455 e. The molecule has 1 saturated carbocycles. The highest BCUT2D eigenvalue weighted by atomic mass is 79.9. The monoisotopic (exact) mass is 375 g/mol. The third kappa shape index (κ3) is 4.29. The minimum Gasteiger partial charge on any atom is -0.455 e. The summed E-state index contributed by atoms with van der Waals surface area (Å²) in [4.78, 5) is 22.9. The highest BCUT2D eigenvalue weighted by Crippen LogP contribution is 2.23. The molecule has 7 heteroatoms. The van der Waals surface area contributed by atoms with Gasteiger partial charge in [-0.25, -0.2) is 5.43 Å². The molecule has 1 aromatic carbocycles. The number of hydrazone groups is 1. The summed E-state index contributed by atoms with van der Waals surface area (Å²) in [5.74, 6) is -0.282. The minimum absolute atomic E-state index is 0.135. The van der Waals surface area contributed by atoms with Gasteiger partial charge in [-0.05, 0) is 37.1 Å². The van der Waals surface area contributed by atoms with Gasteiger partial charge in [-0.1, -0.05) is 28.1 Å². The number of rotatable bonds is 4. The van der Waals surface area contributed by atoms with E-state index in [4.69, 9.17) is 4.42 Å². The number of halogens is 1. The summed E-state index contributed by atoms with van der Waals surface area (Å²) in [6.07, 6.45) is 3.20. The highest BCUT2D eigenvalue weighted by molar-refractivity contribution is 9.10. The van der Waals surface area contributed by atoms with Gasteiger partial charge in [0.25, 0.3) is 0 Å². The lowest BCUT2D eigenvalue weighted by Gasteiger charge is -2.00. The molecule has 1 aromatic heterocycles. The number of nitrogens with zero attached hydrogens (tertiary/aromatic N) is 1. The molecule has 23 heavy (non-hydrogen) atoms. The van der Waals surface area contributed by atoms with Crippen molar-refractivity contribution >= 4 is 34.0 Å². The van der Waals surface area contributed by atoms with Crippen molar-refractivity contribution < 1.29 is 14.0 Å². The van der Waals surface area contributed by atoms with Crippen LogP contribution in [0.1, 0.15) is 18.6 Å². The molecule has 0 saturated heterocycles. The Hall–Kier alpha value is -2.41. The van der Waals surface area contributed by atoms with E-state index in [1.54, 1.807) is 6.07 Å². The van der Waals surface area contributed by atoms with E-state index in [1.807, 2.05) is 30.3 Å². The second-order valence-electron chi connectivity index (χ2n) is 5.16. The van der Waals surface area contributed by atoms with Crippen LogP contribution in [-0.4, -0.2) is 24.1 Å². The van der Waals surface area contributed by atoms with Crippen LogP contribution >= 0.6 is 15.9 Å². The van der Waals surface area contributed by atoms with Crippen LogP contribution < -0.4 is 10.7 Å². The van der Waals surface area contributed by atoms with Gasteiger partial charge >= 0.3 is 11.8 Å². The lowest BCUT2D eigenvalue weighted by atomic mass is 10.2. The first kappa shape index (κ1) is 15.5. The third-order valence-electron chi connectivity index (χ3n) is 3.23. The fourth-order valence-corrected chi connectivity index (χ4v) is 2.14. The zero-order valence-electron chi connectivity index (χ0n) is 12.1. The molecule has 0 atom stereocenters. The molecular formula is C16H14BrN3O3. The normalized spacial score (nSPS) is 14.0. The number of hydrogen-bond donors (Lipinski definition) is 2. The molecule has 0 spiro atoms. The summed E-state index contributed by atoms with van der Waals surface area (Å²) in [6.45, 7) is 0. The summed E-state index contributed by atoms with van der Waals surface area (Å²) >= 11 is 3.38. The first-order chi connectivity index (χ1) is 11.1. The Labute approximate surface area is 141 Å². The first-order valence-corrected chi connectivity index (χ1v) is 7.91. The van der Waals surface area contributed by atoms with Gasteiger partial charge in [-0.15, -0.1) is 0 Å². The molecule has 1 aliphatic carbocycles. The minimum atomic E-state index is -0.784. The summed E-state index contributed by atoms with van der Waals surface area (Å²) in [5.41, 5.74) is 3.10. The van der Waals surface area contributed by atoms with Gasteiger partial charge in [0.15, 0.2) is 0 Å². The van der Waals surface area contributed by atoms with Gasteiger partial charge < -0.3 is 9.73 Å². The highest BCUT2D eigenvalue weighted by Gasteiger charge is 2.26. The predicted molar refractivity (Wildman–Crippen MR) is 88.7 cm³/mol. The Morgan fingerprint density at radius 1 is 1.13 bits per heavy atom. The average Bonchev–Trinajstić information content (AvgIpc) is 3.23. The second kappa shape index (κ2) is 6.78. The Morgan fingerprint density at radius 2 is 1.87 bits per heavy atom. The molecule has 2 amide bonds. The molecule has 2 N–H and O–H groups in total. The Bertz CT molecular complexity index is 748. The lowest BCUT2D eigenvalue weighted by Crippen LogP contribution is -2.38. The van der Waals surface area contributed by atoms with E-state index in [0.29, 0.717) is 11.5 Å². The number of benzene rings is 1. The van der Waals surface area contributed by atoms with E-state index >= 15 is 0 Å². The molecule has 1 fully saturated rings. The zero-order valence-corrected chi connectivity index (χ0v) is 13.7. The first-order valence-electron chi connectivity index (χ1n) is 7.11. The van der Waals surface area contributed by atoms with E-state index < -0.39 is 11.8 Å². The van der Waals surface area contributed by atoms with E-state index in [0.717, 1.165) is 22.9 Å². The second-order valence-corrected chi connectivity index (χ2v) is 6.07. The number of nitrogens with one attached hydrogen (secondary N) is 2. The topological polar surface area (TPSA) is 83.7 Å². The number of hydrogen-bond acceptors (Lipinski definition) is 4. The Kier molecular flexibility index (Phi) is 4.57. The quantitative estimate of drug-likeness (QED) is 0.489. The maximum absolute atomic E-state index is 11.5. The van der Waals surface area contributed by atoms with Gasteiger partial charge in [0.2, 0.25) is 0 Å². The molecule has 0 aliphatic heterocycles. The zero-order chi connectivity index (χ0) is 16.2. The van der Waals surface area contributed by atoms with Crippen LogP contribution in [0.3, 0.4) is 0 Å². The molecule has 2 aromatic rings. The van der Waals surface area contributed by atoms with Crippen LogP contribution in [0, 0.1) is 0 Å². The fourth-order valence-electron chi connectivity index (χ4n) is 1.88. The van der Waals surface area contributed by atoms with Crippen molar-refractivity contribution in [3.63, 3.8) is 0 Å². The van der Waals surface area contributed by atoms with Crippen LogP contribution in [0.15, 0.2) is 50.4 Å². The molecule has 6 nitrogen and oxygen atoms in total. The van der Waals surface area contributed by atoms with E-state index in [-0.39, 0.29) is 6.04 Å². The maximum Gasteiger partial charge on any atom is 0.329 e. The van der Waals surface area contributed by atoms with Crippen molar-refractivity contribution in [3.8, 4) is 11.3 Å². The van der Waals surface area contributed by atoms with Crippen LogP contribution in [-0.2, 0) is 9.59 Å². The van der Waals surface area contributed by atoms with Gasteiger partial charge in [0.05, 0.1) is 6.21 Å². The SMILES string of the molecule is O=C(N/N=C\c1ccc(-c2ccc(Br)cc2)o1)C(=O)NC1CC1. The van der Waals surface area contributed by atoms with Crippen LogP contribution in [0.4, 0.5) is 0 Å². The predicted octanol–water partition coefficient (Wildman–Crippen LogP) is 2.44. The van der Waals surface area contributed by atoms with Crippen molar-refractivity contribution in [1.29, 1.82) is 0 Å².